The molecule has 0 aliphatic heterocycles. The van der Waals surface area contributed by atoms with E-state index in [1.807, 2.05) is 18.3 Å². The van der Waals surface area contributed by atoms with E-state index < -0.39 is 0 Å². The van der Waals surface area contributed by atoms with Gasteiger partial charge in [-0.05, 0) is 18.1 Å². The van der Waals surface area contributed by atoms with Gasteiger partial charge >= 0.3 is 0 Å². The first kappa shape index (κ1) is 15.3. The zero-order valence-corrected chi connectivity index (χ0v) is 12.8. The number of aryl methyl sites for hydroxylation is 1. The minimum atomic E-state index is -0.126. The summed E-state index contributed by atoms with van der Waals surface area (Å²) in [4.78, 5) is 4.39. The molecule has 1 unspecified atom stereocenters. The molecule has 1 atom stereocenters. The number of nitrogens with zero attached hydrogens (tertiary/aromatic N) is 2. The van der Waals surface area contributed by atoms with Gasteiger partial charge in [0.25, 0.3) is 0 Å². The quantitative estimate of drug-likeness (QED) is 0.635. The highest BCUT2D eigenvalue weighted by Crippen LogP contribution is 2.31. The van der Waals surface area contributed by atoms with E-state index in [9.17, 15) is 0 Å². The average Bonchev–Trinajstić information content (AvgIpc) is 2.87. The van der Waals surface area contributed by atoms with Gasteiger partial charge in [0.2, 0.25) is 0 Å². The predicted molar refractivity (Wildman–Crippen MR) is 82.7 cm³/mol. The lowest BCUT2D eigenvalue weighted by Gasteiger charge is -2.18. The van der Waals surface area contributed by atoms with Gasteiger partial charge in [-0.2, -0.15) is 0 Å². The molecule has 0 bridgehead atoms. The number of benzene rings is 1. The van der Waals surface area contributed by atoms with Gasteiger partial charge in [0, 0.05) is 25.4 Å². The van der Waals surface area contributed by atoms with E-state index in [0.29, 0.717) is 16.5 Å². The minimum Gasteiger partial charge on any atom is -0.335 e. The fraction of sp³-hybridized carbons (Fsp3) is 0.357. The standard InChI is InChI=1S/C14H18Cl2N4/c1-2-7-20-8-6-18-13(20)9-12(19-17)10-4-3-5-11(15)14(10)16/h3-6,8,12,19H,2,7,9,17H2,1H3. The Morgan fingerprint density at radius 3 is 2.90 bits per heavy atom. The molecule has 0 saturated carbocycles. The molecule has 6 heteroatoms. The Hall–Kier alpha value is -1.07. The highest BCUT2D eigenvalue weighted by Gasteiger charge is 2.17. The Labute approximate surface area is 128 Å². The number of hydrazine groups is 1. The monoisotopic (exact) mass is 312 g/mol. The number of hydrogen-bond donors (Lipinski definition) is 2. The Morgan fingerprint density at radius 1 is 1.40 bits per heavy atom. The highest BCUT2D eigenvalue weighted by molar-refractivity contribution is 6.42. The summed E-state index contributed by atoms with van der Waals surface area (Å²) >= 11 is 12.3. The lowest BCUT2D eigenvalue weighted by atomic mass is 10.0. The summed E-state index contributed by atoms with van der Waals surface area (Å²) in [7, 11) is 0. The number of imidazole rings is 1. The fourth-order valence-corrected chi connectivity index (χ4v) is 2.64. The molecule has 2 aromatic rings. The van der Waals surface area contributed by atoms with Gasteiger partial charge in [0.1, 0.15) is 5.82 Å². The average molecular weight is 313 g/mol. The third kappa shape index (κ3) is 3.33. The van der Waals surface area contributed by atoms with Crippen molar-refractivity contribution in [1.29, 1.82) is 0 Å². The summed E-state index contributed by atoms with van der Waals surface area (Å²) in [5.41, 5.74) is 3.68. The Bertz CT molecular complexity index is 568. The third-order valence-corrected chi connectivity index (χ3v) is 4.04. The second-order valence-corrected chi connectivity index (χ2v) is 5.39. The molecule has 1 aromatic carbocycles. The lowest BCUT2D eigenvalue weighted by molar-refractivity contribution is 0.517. The molecule has 2 rings (SSSR count). The van der Waals surface area contributed by atoms with Crippen molar-refractivity contribution < 1.29 is 0 Å². The largest absolute Gasteiger partial charge is 0.335 e. The molecule has 0 aliphatic rings. The van der Waals surface area contributed by atoms with E-state index in [4.69, 9.17) is 29.0 Å². The molecule has 1 heterocycles. The number of hydrogen-bond acceptors (Lipinski definition) is 3. The third-order valence-electron chi connectivity index (χ3n) is 3.21. The van der Waals surface area contributed by atoms with Gasteiger partial charge in [-0.25, -0.2) is 4.98 Å². The van der Waals surface area contributed by atoms with Gasteiger partial charge in [0.15, 0.2) is 0 Å². The molecule has 20 heavy (non-hydrogen) atoms. The Balaban J connectivity index is 2.24. The van der Waals surface area contributed by atoms with Crippen molar-refractivity contribution in [3.63, 3.8) is 0 Å². The lowest BCUT2D eigenvalue weighted by Crippen LogP contribution is -2.30. The molecule has 0 saturated heterocycles. The van der Waals surface area contributed by atoms with Crippen LogP contribution in [0.5, 0.6) is 0 Å². The van der Waals surface area contributed by atoms with E-state index in [1.165, 1.54) is 0 Å². The van der Waals surface area contributed by atoms with Crippen molar-refractivity contribution in [1.82, 2.24) is 15.0 Å². The van der Waals surface area contributed by atoms with Crippen LogP contribution in [-0.2, 0) is 13.0 Å². The molecule has 108 valence electrons. The van der Waals surface area contributed by atoms with E-state index in [0.717, 1.165) is 24.4 Å². The second kappa shape index (κ2) is 7.09. The van der Waals surface area contributed by atoms with Gasteiger partial charge in [0.05, 0.1) is 16.1 Å². The summed E-state index contributed by atoms with van der Waals surface area (Å²) in [6.45, 7) is 3.08. The zero-order chi connectivity index (χ0) is 14.5. The number of rotatable bonds is 6. The number of nitrogens with two attached hydrogens (primary N) is 1. The van der Waals surface area contributed by atoms with E-state index >= 15 is 0 Å². The van der Waals surface area contributed by atoms with Crippen LogP contribution in [0.2, 0.25) is 10.0 Å². The fourth-order valence-electron chi connectivity index (χ4n) is 2.21. The van der Waals surface area contributed by atoms with Crippen LogP contribution in [-0.4, -0.2) is 9.55 Å². The SMILES string of the molecule is CCCn1ccnc1CC(NN)c1cccc(Cl)c1Cl. The highest BCUT2D eigenvalue weighted by atomic mass is 35.5. The van der Waals surface area contributed by atoms with Gasteiger partial charge in [-0.3, -0.25) is 11.3 Å². The molecular formula is C14H18Cl2N4. The molecule has 3 N–H and O–H groups in total. The molecule has 4 nitrogen and oxygen atoms in total. The normalized spacial score (nSPS) is 12.6. The van der Waals surface area contributed by atoms with E-state index in [-0.39, 0.29) is 6.04 Å². The van der Waals surface area contributed by atoms with Gasteiger partial charge in [-0.1, -0.05) is 42.3 Å². The second-order valence-electron chi connectivity index (χ2n) is 4.60. The molecule has 0 spiro atoms. The zero-order valence-electron chi connectivity index (χ0n) is 11.3. The molecular weight excluding hydrogens is 295 g/mol. The van der Waals surface area contributed by atoms with Crippen LogP contribution in [0.15, 0.2) is 30.6 Å². The van der Waals surface area contributed by atoms with Crippen molar-refractivity contribution in [2.75, 3.05) is 0 Å². The topological polar surface area (TPSA) is 55.9 Å². The molecule has 0 fully saturated rings. The van der Waals surface area contributed by atoms with Gasteiger partial charge in [-0.15, -0.1) is 0 Å². The van der Waals surface area contributed by atoms with Crippen LogP contribution in [0.25, 0.3) is 0 Å². The van der Waals surface area contributed by atoms with Crippen LogP contribution in [0.3, 0.4) is 0 Å². The number of aromatic nitrogens is 2. The maximum absolute atomic E-state index is 6.25. The summed E-state index contributed by atoms with van der Waals surface area (Å²) in [6, 6.07) is 5.43. The van der Waals surface area contributed by atoms with Crippen LogP contribution >= 0.6 is 23.2 Å². The smallest absolute Gasteiger partial charge is 0.110 e. The van der Waals surface area contributed by atoms with Gasteiger partial charge < -0.3 is 4.57 Å². The molecule has 0 radical (unpaired) electrons. The maximum atomic E-state index is 6.25. The minimum absolute atomic E-state index is 0.126. The maximum Gasteiger partial charge on any atom is 0.110 e. The molecule has 1 aromatic heterocycles. The summed E-state index contributed by atoms with van der Waals surface area (Å²) in [6.07, 6.45) is 5.50. The summed E-state index contributed by atoms with van der Waals surface area (Å²) in [5.74, 6) is 6.65. The van der Waals surface area contributed by atoms with Crippen molar-refractivity contribution in [2.24, 2.45) is 5.84 Å². The Morgan fingerprint density at radius 2 is 2.20 bits per heavy atom. The van der Waals surface area contributed by atoms with Crippen LogP contribution < -0.4 is 11.3 Å². The first-order valence-electron chi connectivity index (χ1n) is 6.57. The van der Waals surface area contributed by atoms with Crippen molar-refractivity contribution in [3.05, 3.63) is 52.0 Å². The van der Waals surface area contributed by atoms with Crippen LogP contribution in [0.1, 0.15) is 30.8 Å². The Kier molecular flexibility index (Phi) is 5.43. The van der Waals surface area contributed by atoms with Crippen molar-refractivity contribution in [2.45, 2.75) is 32.4 Å². The summed E-state index contributed by atoms with van der Waals surface area (Å²) in [5, 5.41) is 1.06. The van der Waals surface area contributed by atoms with Crippen LogP contribution in [0.4, 0.5) is 0 Å². The number of halogens is 2. The predicted octanol–water partition coefficient (Wildman–Crippen LogP) is 3.35. The summed E-state index contributed by atoms with van der Waals surface area (Å²) < 4.78 is 2.13. The van der Waals surface area contributed by atoms with E-state index in [1.54, 1.807) is 12.3 Å². The van der Waals surface area contributed by atoms with Crippen molar-refractivity contribution in [3.8, 4) is 0 Å². The number of nitrogens with one attached hydrogen (secondary N) is 1. The molecule has 0 amide bonds. The first-order valence-corrected chi connectivity index (χ1v) is 7.33. The van der Waals surface area contributed by atoms with Crippen molar-refractivity contribution >= 4 is 23.2 Å². The first-order chi connectivity index (χ1) is 9.67. The van der Waals surface area contributed by atoms with E-state index in [2.05, 4.69) is 21.9 Å². The van der Waals surface area contributed by atoms with Crippen LogP contribution in [0, 0.1) is 0 Å². The molecule has 0 aliphatic carbocycles.